The van der Waals surface area contributed by atoms with Crippen LogP contribution in [0.15, 0.2) is 59.0 Å². The fraction of sp³-hybridized carbons (Fsp3) is 0.400. The Morgan fingerprint density at radius 3 is 2.43 bits per heavy atom. The van der Waals surface area contributed by atoms with Crippen molar-refractivity contribution in [1.82, 2.24) is 0 Å². The maximum Gasteiger partial charge on any atom is 0.333 e. The summed E-state index contributed by atoms with van der Waals surface area (Å²) in [6.07, 6.45) is -3.92. The molecule has 1 fully saturated rings. The molecule has 0 aromatic heterocycles. The van der Waals surface area contributed by atoms with Crippen LogP contribution in [0, 0.1) is 21.8 Å². The fourth-order valence-corrected chi connectivity index (χ4v) is 6.15. The topological polar surface area (TPSA) is 153 Å². The first-order valence-corrected chi connectivity index (χ1v) is 12.9. The highest BCUT2D eigenvalue weighted by molar-refractivity contribution is 7.92. The van der Waals surface area contributed by atoms with Crippen molar-refractivity contribution in [1.29, 1.82) is 0 Å². The monoisotopic (exact) mass is 537 g/mol. The van der Waals surface area contributed by atoms with E-state index in [2.05, 4.69) is 0 Å². The van der Waals surface area contributed by atoms with Gasteiger partial charge in [-0.3, -0.25) is 10.1 Å². The summed E-state index contributed by atoms with van der Waals surface area (Å²) in [6.45, 7) is 4.23. The van der Waals surface area contributed by atoms with E-state index in [4.69, 9.17) is 9.47 Å². The van der Waals surface area contributed by atoms with E-state index in [0.717, 1.165) is 13.0 Å². The van der Waals surface area contributed by atoms with Crippen LogP contribution in [0.3, 0.4) is 0 Å². The molecule has 0 saturated heterocycles. The highest BCUT2D eigenvalue weighted by Gasteiger charge is 2.65. The van der Waals surface area contributed by atoms with Crippen molar-refractivity contribution in [2.45, 2.75) is 55.3 Å². The Labute approximate surface area is 213 Å². The highest BCUT2D eigenvalue weighted by Crippen LogP contribution is 2.43. The van der Waals surface area contributed by atoms with Gasteiger partial charge in [-0.1, -0.05) is 24.3 Å². The van der Waals surface area contributed by atoms with E-state index in [1.54, 1.807) is 13.0 Å². The minimum atomic E-state index is -4.62. The van der Waals surface area contributed by atoms with Crippen molar-refractivity contribution < 1.29 is 42.2 Å². The van der Waals surface area contributed by atoms with E-state index in [0.29, 0.717) is 5.56 Å². The number of benzene rings is 2. The number of hydrogen-bond acceptors (Lipinski definition) is 9. The summed E-state index contributed by atoms with van der Waals surface area (Å²) in [5.41, 5.74) is 0.570. The molecule has 2 aromatic carbocycles. The number of carbonyl (C=O) groups is 1. The molecule has 0 bridgehead atoms. The Hall–Kier alpha value is -3.35. The quantitative estimate of drug-likeness (QED) is 0.213. The smallest absolute Gasteiger partial charge is 0.333 e. The second-order valence-electron chi connectivity index (χ2n) is 8.85. The second-order valence-corrected chi connectivity index (χ2v) is 11.2. The molecule has 1 aliphatic carbocycles. The molecule has 2 N–H and O–H groups in total. The standard InChI is InChI=1S/C25H28FNO9S/c1-4-35-24(30)15(2)12-16-10-11-20(19(26)13-16)36-21-14-18(22(28)23(21)29)25(3,27(31)32)37(33,34)17-8-6-5-7-9-17/h5-13,18,21-23,28-29H,4,14H2,1-3H3/b15-12+/t18-,21+,22+,23-,25?/m0/s1. The number of sulfone groups is 1. The van der Waals surface area contributed by atoms with E-state index in [1.807, 2.05) is 0 Å². The molecule has 37 heavy (non-hydrogen) atoms. The van der Waals surface area contributed by atoms with Crippen molar-refractivity contribution in [2.75, 3.05) is 6.61 Å². The highest BCUT2D eigenvalue weighted by atomic mass is 32.2. The maximum absolute atomic E-state index is 14.8. The van der Waals surface area contributed by atoms with Crippen LogP contribution in [0.2, 0.25) is 0 Å². The number of aliphatic hydroxyl groups is 2. The first-order valence-electron chi connectivity index (χ1n) is 11.5. The van der Waals surface area contributed by atoms with Gasteiger partial charge in [-0.2, -0.15) is 0 Å². The Kier molecular flexibility index (Phi) is 8.35. The maximum atomic E-state index is 14.8. The molecule has 1 aliphatic rings. The Morgan fingerprint density at radius 1 is 1.22 bits per heavy atom. The van der Waals surface area contributed by atoms with Crippen LogP contribution in [0.1, 0.15) is 32.8 Å². The molecule has 3 rings (SSSR count). The van der Waals surface area contributed by atoms with Crippen LogP contribution < -0.4 is 4.74 Å². The average molecular weight is 538 g/mol. The van der Waals surface area contributed by atoms with E-state index in [9.17, 15) is 37.9 Å². The van der Waals surface area contributed by atoms with Gasteiger partial charge < -0.3 is 19.7 Å². The molecule has 0 heterocycles. The first-order chi connectivity index (χ1) is 17.3. The van der Waals surface area contributed by atoms with Gasteiger partial charge in [-0.15, -0.1) is 0 Å². The molecule has 2 aromatic rings. The Bertz CT molecular complexity index is 1300. The van der Waals surface area contributed by atoms with Crippen molar-refractivity contribution in [3.05, 3.63) is 75.6 Å². The minimum Gasteiger partial charge on any atom is -0.485 e. The molecule has 0 aliphatic heterocycles. The normalized spacial score (nSPS) is 23.8. The lowest BCUT2D eigenvalue weighted by Gasteiger charge is -2.29. The van der Waals surface area contributed by atoms with Crippen LogP contribution in [0.5, 0.6) is 5.75 Å². The summed E-state index contributed by atoms with van der Waals surface area (Å²) in [7, 11) is -4.62. The van der Waals surface area contributed by atoms with Gasteiger partial charge in [0.15, 0.2) is 11.6 Å². The molecule has 0 amide bonds. The summed E-state index contributed by atoms with van der Waals surface area (Å²) >= 11 is 0. The molecule has 1 unspecified atom stereocenters. The van der Waals surface area contributed by atoms with Gasteiger partial charge in [0.25, 0.3) is 0 Å². The third kappa shape index (κ3) is 5.36. The summed E-state index contributed by atoms with van der Waals surface area (Å²) in [5.74, 6) is -3.30. The lowest BCUT2D eigenvalue weighted by molar-refractivity contribution is -0.548. The first kappa shape index (κ1) is 28.2. The lowest BCUT2D eigenvalue weighted by atomic mass is 9.97. The van der Waals surface area contributed by atoms with Gasteiger partial charge in [-0.25, -0.2) is 17.6 Å². The molecule has 12 heteroatoms. The zero-order chi connectivity index (χ0) is 27.5. The fourth-order valence-electron chi connectivity index (χ4n) is 4.33. The predicted molar refractivity (Wildman–Crippen MR) is 130 cm³/mol. The van der Waals surface area contributed by atoms with E-state index < -0.39 is 62.1 Å². The third-order valence-electron chi connectivity index (χ3n) is 6.49. The van der Waals surface area contributed by atoms with Crippen molar-refractivity contribution >= 4 is 21.9 Å². The number of aliphatic hydroxyl groups excluding tert-OH is 2. The molecule has 0 spiro atoms. The van der Waals surface area contributed by atoms with Crippen LogP contribution in [0.25, 0.3) is 6.08 Å². The average Bonchev–Trinajstić information content (AvgIpc) is 3.14. The van der Waals surface area contributed by atoms with E-state index in [-0.39, 0.29) is 22.8 Å². The van der Waals surface area contributed by atoms with Gasteiger partial charge in [0, 0.05) is 23.8 Å². The van der Waals surface area contributed by atoms with Gasteiger partial charge >= 0.3 is 10.8 Å². The van der Waals surface area contributed by atoms with Crippen LogP contribution in [-0.2, 0) is 19.4 Å². The Balaban J connectivity index is 1.87. The van der Waals surface area contributed by atoms with Crippen LogP contribution >= 0.6 is 0 Å². The predicted octanol–water partition coefficient (Wildman–Crippen LogP) is 2.75. The molecular weight excluding hydrogens is 509 g/mol. The SMILES string of the molecule is CCOC(=O)/C(C)=C/c1ccc(O[C@@H]2C[C@H](C(C)([N+](=O)[O-])S(=O)(=O)c3ccccc3)[C@@H](O)[C@H]2O)c(F)c1. The van der Waals surface area contributed by atoms with Crippen molar-refractivity contribution in [3.8, 4) is 5.75 Å². The third-order valence-corrected chi connectivity index (χ3v) is 8.92. The summed E-state index contributed by atoms with van der Waals surface area (Å²) in [5, 5.41) is 33.3. The molecule has 0 radical (unpaired) electrons. The van der Waals surface area contributed by atoms with Gasteiger partial charge in [0.2, 0.25) is 9.84 Å². The number of esters is 1. The van der Waals surface area contributed by atoms with Crippen molar-refractivity contribution in [2.24, 2.45) is 5.92 Å². The number of hydrogen-bond donors (Lipinski definition) is 2. The number of rotatable bonds is 9. The van der Waals surface area contributed by atoms with E-state index >= 15 is 0 Å². The number of nitro groups is 1. The van der Waals surface area contributed by atoms with E-state index in [1.165, 1.54) is 49.4 Å². The summed E-state index contributed by atoms with van der Waals surface area (Å²) < 4.78 is 51.8. The van der Waals surface area contributed by atoms with Gasteiger partial charge in [0.1, 0.15) is 12.2 Å². The summed E-state index contributed by atoms with van der Waals surface area (Å²) in [4.78, 5) is 19.9. The molecular formula is C25H28FNO9S. The molecule has 10 nitrogen and oxygen atoms in total. The lowest BCUT2D eigenvalue weighted by Crippen LogP contribution is -2.53. The largest absolute Gasteiger partial charge is 0.485 e. The number of carbonyl (C=O) groups excluding carboxylic acids is 1. The van der Waals surface area contributed by atoms with Crippen molar-refractivity contribution in [3.63, 3.8) is 0 Å². The molecule has 200 valence electrons. The zero-order valence-corrected chi connectivity index (χ0v) is 21.2. The number of ether oxygens (including phenoxy) is 2. The number of nitrogens with zero attached hydrogens (tertiary/aromatic N) is 1. The Morgan fingerprint density at radius 2 is 1.86 bits per heavy atom. The van der Waals surface area contributed by atoms with Gasteiger partial charge in [-0.05, 0) is 49.8 Å². The van der Waals surface area contributed by atoms with Crippen LogP contribution in [0.4, 0.5) is 4.39 Å². The van der Waals surface area contributed by atoms with Gasteiger partial charge in [0.05, 0.1) is 23.5 Å². The minimum absolute atomic E-state index is 0.184. The summed E-state index contributed by atoms with van der Waals surface area (Å²) in [6, 6.07) is 10.5. The van der Waals surface area contributed by atoms with Crippen LogP contribution in [-0.4, -0.2) is 59.3 Å². The molecule has 1 saturated carbocycles. The second kappa shape index (κ2) is 11.0. The zero-order valence-electron chi connectivity index (χ0n) is 20.4. The molecule has 5 atom stereocenters. The number of halogens is 1.